The van der Waals surface area contributed by atoms with Crippen molar-refractivity contribution >= 4 is 12.2 Å². The number of rotatable bonds is 3. The van der Waals surface area contributed by atoms with Gasteiger partial charge in [-0.2, -0.15) is 10.1 Å². The molecule has 0 aliphatic carbocycles. The first-order chi connectivity index (χ1) is 8.47. The normalized spacial score (nSPS) is 11.1. The third-order valence-electron chi connectivity index (χ3n) is 2.39. The SMILES string of the molecule is Cc1cc(-c2nc(=S)[nH][nH]2)c(=O)n(CC(C)C)n1. The maximum atomic E-state index is 12.3. The van der Waals surface area contributed by atoms with Crippen LogP contribution < -0.4 is 5.56 Å². The molecule has 0 bridgehead atoms. The lowest BCUT2D eigenvalue weighted by atomic mass is 10.2. The quantitative estimate of drug-likeness (QED) is 0.827. The summed E-state index contributed by atoms with van der Waals surface area (Å²) in [5.74, 6) is 0.801. The van der Waals surface area contributed by atoms with Crippen molar-refractivity contribution in [3.8, 4) is 11.4 Å². The van der Waals surface area contributed by atoms with Gasteiger partial charge in [-0.1, -0.05) is 13.8 Å². The largest absolute Gasteiger partial charge is 0.281 e. The second-order valence-corrected chi connectivity index (χ2v) is 4.98. The molecular formula is C11H15N5OS. The Hall–Kier alpha value is -1.76. The van der Waals surface area contributed by atoms with E-state index in [1.165, 1.54) is 4.68 Å². The van der Waals surface area contributed by atoms with E-state index in [1.807, 2.05) is 20.8 Å². The van der Waals surface area contributed by atoms with E-state index in [-0.39, 0.29) is 5.56 Å². The lowest BCUT2D eigenvalue weighted by Gasteiger charge is -2.09. The maximum Gasteiger partial charge on any atom is 0.277 e. The zero-order valence-corrected chi connectivity index (χ0v) is 11.3. The van der Waals surface area contributed by atoms with Gasteiger partial charge in [0, 0.05) is 6.54 Å². The first-order valence-corrected chi connectivity index (χ1v) is 6.12. The Morgan fingerprint density at radius 1 is 1.44 bits per heavy atom. The summed E-state index contributed by atoms with van der Waals surface area (Å²) in [5.41, 5.74) is 1.09. The lowest BCUT2D eigenvalue weighted by molar-refractivity contribution is 0.461. The van der Waals surface area contributed by atoms with Gasteiger partial charge in [0.2, 0.25) is 4.77 Å². The number of aromatic nitrogens is 5. The summed E-state index contributed by atoms with van der Waals surface area (Å²) in [4.78, 5) is 16.3. The van der Waals surface area contributed by atoms with E-state index < -0.39 is 0 Å². The summed E-state index contributed by atoms with van der Waals surface area (Å²) in [6.07, 6.45) is 0. The van der Waals surface area contributed by atoms with Crippen LogP contribution in [0.3, 0.4) is 0 Å². The summed E-state index contributed by atoms with van der Waals surface area (Å²) in [6.45, 7) is 6.51. The second kappa shape index (κ2) is 4.85. The van der Waals surface area contributed by atoms with Crippen molar-refractivity contribution in [2.45, 2.75) is 27.3 Å². The minimum absolute atomic E-state index is 0.160. The molecule has 2 aromatic heterocycles. The minimum Gasteiger partial charge on any atom is -0.281 e. The number of hydrogen-bond donors (Lipinski definition) is 2. The first kappa shape index (κ1) is 12.7. The molecule has 18 heavy (non-hydrogen) atoms. The van der Waals surface area contributed by atoms with Crippen molar-refractivity contribution in [1.82, 2.24) is 25.0 Å². The maximum absolute atomic E-state index is 12.3. The molecule has 7 heteroatoms. The van der Waals surface area contributed by atoms with E-state index in [4.69, 9.17) is 12.2 Å². The Morgan fingerprint density at radius 3 is 2.72 bits per heavy atom. The molecule has 2 aromatic rings. The molecule has 0 unspecified atom stereocenters. The Bertz CT molecular complexity index is 667. The smallest absolute Gasteiger partial charge is 0.277 e. The van der Waals surface area contributed by atoms with Crippen LogP contribution in [0.5, 0.6) is 0 Å². The third-order valence-corrected chi connectivity index (χ3v) is 2.58. The zero-order valence-electron chi connectivity index (χ0n) is 10.5. The third kappa shape index (κ3) is 2.56. The van der Waals surface area contributed by atoms with Crippen molar-refractivity contribution < 1.29 is 0 Å². The number of aryl methyl sites for hydroxylation is 1. The van der Waals surface area contributed by atoms with Crippen LogP contribution >= 0.6 is 12.2 Å². The molecule has 0 aliphatic rings. The highest BCUT2D eigenvalue weighted by Gasteiger charge is 2.12. The molecular weight excluding hydrogens is 250 g/mol. The molecule has 0 aromatic carbocycles. The van der Waals surface area contributed by atoms with Gasteiger partial charge in [-0.15, -0.1) is 0 Å². The van der Waals surface area contributed by atoms with Gasteiger partial charge in [-0.05, 0) is 31.1 Å². The zero-order chi connectivity index (χ0) is 13.3. The number of hydrogen-bond acceptors (Lipinski definition) is 4. The predicted octanol–water partition coefficient (Wildman–Crippen LogP) is 1.66. The van der Waals surface area contributed by atoms with Crippen LogP contribution in [-0.4, -0.2) is 25.0 Å². The fourth-order valence-corrected chi connectivity index (χ4v) is 1.85. The number of H-pyrrole nitrogens is 2. The molecule has 2 heterocycles. The Balaban J connectivity index is 2.58. The van der Waals surface area contributed by atoms with Crippen LogP contribution in [0.2, 0.25) is 0 Å². The van der Waals surface area contributed by atoms with Gasteiger partial charge in [-0.25, -0.2) is 4.68 Å². The van der Waals surface area contributed by atoms with Crippen LogP contribution in [-0.2, 0) is 6.54 Å². The van der Waals surface area contributed by atoms with Crippen molar-refractivity contribution in [2.75, 3.05) is 0 Å². The van der Waals surface area contributed by atoms with E-state index in [0.717, 1.165) is 5.69 Å². The minimum atomic E-state index is -0.160. The van der Waals surface area contributed by atoms with E-state index >= 15 is 0 Å². The average Bonchev–Trinajstić information content (AvgIpc) is 2.69. The van der Waals surface area contributed by atoms with Gasteiger partial charge in [0.15, 0.2) is 5.82 Å². The molecule has 2 N–H and O–H groups in total. The molecule has 0 atom stereocenters. The fraction of sp³-hybridized carbons (Fsp3) is 0.455. The molecule has 0 fully saturated rings. The van der Waals surface area contributed by atoms with Gasteiger partial charge in [0.1, 0.15) is 0 Å². The Labute approximate surface area is 109 Å². The predicted molar refractivity (Wildman–Crippen MR) is 70.8 cm³/mol. The molecule has 96 valence electrons. The summed E-state index contributed by atoms with van der Waals surface area (Å²) in [7, 11) is 0. The molecule has 0 radical (unpaired) electrons. The molecule has 2 rings (SSSR count). The molecule has 0 saturated heterocycles. The topological polar surface area (TPSA) is 79.4 Å². The molecule has 0 aliphatic heterocycles. The van der Waals surface area contributed by atoms with Crippen LogP contribution in [0.15, 0.2) is 10.9 Å². The highest BCUT2D eigenvalue weighted by atomic mass is 32.1. The number of nitrogens with zero attached hydrogens (tertiary/aromatic N) is 3. The monoisotopic (exact) mass is 265 g/mol. The van der Waals surface area contributed by atoms with E-state index in [2.05, 4.69) is 20.3 Å². The molecule has 0 saturated carbocycles. The number of aromatic amines is 2. The van der Waals surface area contributed by atoms with Crippen LogP contribution in [0.25, 0.3) is 11.4 Å². The Morgan fingerprint density at radius 2 is 2.17 bits per heavy atom. The molecule has 0 spiro atoms. The van der Waals surface area contributed by atoms with E-state index in [9.17, 15) is 4.79 Å². The van der Waals surface area contributed by atoms with Gasteiger partial charge in [-0.3, -0.25) is 15.0 Å². The lowest BCUT2D eigenvalue weighted by Crippen LogP contribution is -2.27. The van der Waals surface area contributed by atoms with E-state index in [1.54, 1.807) is 6.07 Å². The van der Waals surface area contributed by atoms with Crippen molar-refractivity contribution in [2.24, 2.45) is 5.92 Å². The summed E-state index contributed by atoms with van der Waals surface area (Å²) in [6, 6.07) is 1.71. The van der Waals surface area contributed by atoms with Gasteiger partial charge in [0.25, 0.3) is 5.56 Å². The van der Waals surface area contributed by atoms with Gasteiger partial charge >= 0.3 is 0 Å². The van der Waals surface area contributed by atoms with Crippen LogP contribution in [0.1, 0.15) is 19.5 Å². The standard InChI is InChI=1S/C11H15N5OS/c1-6(2)5-16-10(17)8(4-7(3)15-16)9-12-11(18)14-13-9/h4,6H,5H2,1-3H3,(H2,12,13,14,18). The highest BCUT2D eigenvalue weighted by Crippen LogP contribution is 2.09. The molecule has 6 nitrogen and oxygen atoms in total. The van der Waals surface area contributed by atoms with Crippen molar-refractivity contribution in [3.05, 3.63) is 26.9 Å². The average molecular weight is 265 g/mol. The van der Waals surface area contributed by atoms with Gasteiger partial charge < -0.3 is 0 Å². The van der Waals surface area contributed by atoms with Crippen LogP contribution in [0, 0.1) is 17.6 Å². The van der Waals surface area contributed by atoms with Gasteiger partial charge in [0.05, 0.1) is 11.3 Å². The van der Waals surface area contributed by atoms with Crippen molar-refractivity contribution in [3.63, 3.8) is 0 Å². The number of nitrogens with one attached hydrogen (secondary N) is 2. The highest BCUT2D eigenvalue weighted by molar-refractivity contribution is 7.71. The fourth-order valence-electron chi connectivity index (χ4n) is 1.71. The molecule has 0 amide bonds. The Kier molecular flexibility index (Phi) is 3.42. The second-order valence-electron chi connectivity index (χ2n) is 4.60. The summed E-state index contributed by atoms with van der Waals surface area (Å²) < 4.78 is 1.80. The van der Waals surface area contributed by atoms with Crippen molar-refractivity contribution in [1.29, 1.82) is 0 Å². The van der Waals surface area contributed by atoms with Crippen LogP contribution in [0.4, 0.5) is 0 Å². The summed E-state index contributed by atoms with van der Waals surface area (Å²) in [5, 5.41) is 9.71. The van der Waals surface area contributed by atoms with E-state index in [0.29, 0.717) is 28.6 Å². The summed E-state index contributed by atoms with van der Waals surface area (Å²) >= 11 is 4.89. The first-order valence-electron chi connectivity index (χ1n) is 5.71.